The zero-order valence-corrected chi connectivity index (χ0v) is 35.1. The van der Waals surface area contributed by atoms with E-state index >= 15 is 0 Å². The van der Waals surface area contributed by atoms with Crippen molar-refractivity contribution in [1.82, 2.24) is 0 Å². The number of hydrogen-bond acceptors (Lipinski definition) is 0. The van der Waals surface area contributed by atoms with Gasteiger partial charge in [0.1, 0.15) is 0 Å². The van der Waals surface area contributed by atoms with Gasteiger partial charge in [-0.2, -0.15) is 0 Å². The van der Waals surface area contributed by atoms with Crippen LogP contribution in [0, 0.1) is 0 Å². The van der Waals surface area contributed by atoms with E-state index in [2.05, 4.69) is 183 Å². The first-order valence-corrected chi connectivity index (χ1v) is 37.4. The molecule has 248 valence electrons. The summed E-state index contributed by atoms with van der Waals surface area (Å²) in [5.41, 5.74) is 15.1. The Morgan fingerprint density at radius 1 is 0.571 bits per heavy atom. The fourth-order valence-electron chi connectivity index (χ4n) is 8.95. The van der Waals surface area contributed by atoms with Crippen molar-refractivity contribution >= 4 is 17.6 Å². The quantitative estimate of drug-likeness (QED) is 0.130. The molecule has 0 N–H and O–H groups in total. The van der Waals surface area contributed by atoms with Gasteiger partial charge < -0.3 is 0 Å². The van der Waals surface area contributed by atoms with Gasteiger partial charge >= 0.3 is 299 Å². The van der Waals surface area contributed by atoms with Crippen LogP contribution in [-0.2, 0) is 23.5 Å². The van der Waals surface area contributed by atoms with Crippen molar-refractivity contribution in [2.45, 2.75) is 75.3 Å². The molecular weight excluding hydrogens is 771 g/mol. The predicted octanol–water partition coefficient (Wildman–Crippen LogP) is 13.8. The summed E-state index contributed by atoms with van der Waals surface area (Å²) in [5.74, 6) is 1.03. The van der Waals surface area contributed by atoms with Gasteiger partial charge in [0.05, 0.1) is 0 Å². The Hall–Kier alpha value is -3.33. The Kier molecular flexibility index (Phi) is 9.35. The zero-order chi connectivity index (χ0) is 34.4. The number of fused-ring (bicyclic) bond motifs is 2. The second-order valence-electron chi connectivity index (χ2n) is 16.2. The molecule has 0 heterocycles. The second kappa shape index (κ2) is 13.4. The Balaban J connectivity index is 1.39. The Bertz CT molecular complexity index is 2030. The molecule has 49 heavy (non-hydrogen) atoms. The molecule has 0 aliphatic heterocycles. The fraction of sp³-hybridized carbons (Fsp3) is 0.277. The van der Waals surface area contributed by atoms with Crippen molar-refractivity contribution in [3.8, 4) is 22.3 Å². The molecule has 5 aromatic rings. The van der Waals surface area contributed by atoms with E-state index < -0.39 is 22.6 Å². The van der Waals surface area contributed by atoms with Crippen molar-refractivity contribution in [2.24, 2.45) is 0 Å². The average molecular weight is 824 g/mol. The monoisotopic (exact) mass is 824 g/mol. The normalized spacial score (nSPS) is 16.8. The van der Waals surface area contributed by atoms with Gasteiger partial charge in [0.25, 0.3) is 0 Å². The second-order valence-corrected chi connectivity index (χ2v) is 63.6. The fourth-order valence-corrected chi connectivity index (χ4v) is 51.9. The standard InChI is InChI=1S/2C18H17.C9H12Si.2CH3.Hf/c2*1-13(2)15-8-3-9-16(12-15)18-11-5-7-14-6-4-10-17(14)18;1-10-8-7-9-5-3-2-4-6-9;;;/h2*3-13H,1-2H3;2-6H,7-8H2,1H3;2*1H3;. The van der Waals surface area contributed by atoms with Gasteiger partial charge in [-0.25, -0.2) is 0 Å². The van der Waals surface area contributed by atoms with Crippen molar-refractivity contribution in [1.29, 1.82) is 0 Å². The first kappa shape index (κ1) is 34.1. The van der Waals surface area contributed by atoms with Crippen LogP contribution in [0.2, 0.25) is 22.0 Å². The SMILES string of the molecule is CC(C)c1cccc(-c2cccc3c2C=C[CH]3[Hf]([CH3])([CH3])([CH]2C=Cc3c(-c4cccc(C(C)C)c4)cccc32)=[Si](C)CCc2ccccc2)c1. The van der Waals surface area contributed by atoms with E-state index in [1.165, 1.54) is 62.5 Å². The summed E-state index contributed by atoms with van der Waals surface area (Å²) in [7, 11) is 0. The molecule has 2 unspecified atom stereocenters. The topological polar surface area (TPSA) is 0 Å². The van der Waals surface area contributed by atoms with Crippen LogP contribution in [0.15, 0.2) is 127 Å². The summed E-state index contributed by atoms with van der Waals surface area (Å²) in [4.78, 5) is 0. The number of allylic oxidation sites excluding steroid dienone is 2. The summed E-state index contributed by atoms with van der Waals surface area (Å²) < 4.78 is 6.79. The van der Waals surface area contributed by atoms with Crippen LogP contribution in [0.5, 0.6) is 0 Å². The maximum atomic E-state index is 2.88. The molecule has 0 bridgehead atoms. The maximum absolute atomic E-state index is 3.97. The van der Waals surface area contributed by atoms with E-state index in [0.717, 1.165) is 0 Å². The van der Waals surface area contributed by atoms with Crippen LogP contribution >= 0.6 is 0 Å². The van der Waals surface area contributed by atoms with E-state index in [9.17, 15) is 0 Å². The van der Waals surface area contributed by atoms with Crippen molar-refractivity contribution in [2.75, 3.05) is 0 Å². The van der Waals surface area contributed by atoms with Gasteiger partial charge in [-0.3, -0.25) is 0 Å². The Labute approximate surface area is 296 Å². The molecule has 2 aliphatic rings. The van der Waals surface area contributed by atoms with Gasteiger partial charge in [-0.1, -0.05) is 0 Å². The van der Waals surface area contributed by atoms with Crippen molar-refractivity contribution in [3.05, 3.63) is 166 Å². The summed E-state index contributed by atoms with van der Waals surface area (Å²) in [6.45, 7) is 11.9. The molecule has 0 fully saturated rings. The zero-order valence-electron chi connectivity index (χ0n) is 30.5. The molecular formula is C47H52HfSi. The molecule has 2 atom stereocenters. The van der Waals surface area contributed by atoms with Crippen molar-refractivity contribution < 1.29 is 17.1 Å². The average Bonchev–Trinajstić information content (AvgIpc) is 3.78. The molecule has 0 saturated carbocycles. The van der Waals surface area contributed by atoms with Crippen molar-refractivity contribution in [3.63, 3.8) is 0 Å². The first-order chi connectivity index (χ1) is 23.6. The van der Waals surface area contributed by atoms with Crippen LogP contribution in [0.4, 0.5) is 0 Å². The number of benzene rings is 5. The minimum absolute atomic E-state index is 0.515. The summed E-state index contributed by atoms with van der Waals surface area (Å²) >= 11 is -3.97. The Morgan fingerprint density at radius 3 is 1.51 bits per heavy atom. The third-order valence-electron chi connectivity index (χ3n) is 12.5. The molecule has 5 aromatic carbocycles. The van der Waals surface area contributed by atoms with Gasteiger partial charge in [0, 0.05) is 0 Å². The third kappa shape index (κ3) is 6.08. The van der Waals surface area contributed by atoms with E-state index in [4.69, 9.17) is 0 Å². The van der Waals surface area contributed by atoms with Gasteiger partial charge in [0.2, 0.25) is 0 Å². The van der Waals surface area contributed by atoms with Crippen LogP contribution < -0.4 is 0 Å². The predicted molar refractivity (Wildman–Crippen MR) is 214 cm³/mol. The van der Waals surface area contributed by atoms with E-state index in [1.54, 1.807) is 11.1 Å². The molecule has 0 nitrogen and oxygen atoms in total. The van der Waals surface area contributed by atoms with Crippen LogP contribution in [-0.4, -0.2) is 5.49 Å². The molecule has 2 heteroatoms. The molecule has 0 aromatic heterocycles. The summed E-state index contributed by atoms with van der Waals surface area (Å²) in [5, 5.41) is 0. The molecule has 0 amide bonds. The van der Waals surface area contributed by atoms with E-state index in [0.29, 0.717) is 19.2 Å². The van der Waals surface area contributed by atoms with Crippen LogP contribution in [0.1, 0.15) is 85.8 Å². The minimum atomic E-state index is -3.97. The molecule has 0 saturated heterocycles. The summed E-state index contributed by atoms with van der Waals surface area (Å²) in [6, 6.07) is 45.4. The number of rotatable bonds is 9. The first-order valence-electron chi connectivity index (χ1n) is 18.5. The van der Waals surface area contributed by atoms with Gasteiger partial charge in [-0.05, 0) is 0 Å². The van der Waals surface area contributed by atoms with Crippen LogP contribution in [0.3, 0.4) is 0 Å². The number of aryl methyl sites for hydroxylation is 1. The molecule has 0 radical (unpaired) electrons. The number of hydrogen-bond donors (Lipinski definition) is 0. The van der Waals surface area contributed by atoms with Gasteiger partial charge in [0.15, 0.2) is 0 Å². The summed E-state index contributed by atoms with van der Waals surface area (Å²) in [6.07, 6.45) is 11.6. The van der Waals surface area contributed by atoms with Gasteiger partial charge in [-0.15, -0.1) is 0 Å². The molecule has 7 rings (SSSR count). The Morgan fingerprint density at radius 2 is 1.04 bits per heavy atom. The van der Waals surface area contributed by atoms with Crippen LogP contribution in [0.25, 0.3) is 34.4 Å². The third-order valence-corrected chi connectivity index (χ3v) is 70.4. The van der Waals surface area contributed by atoms with E-state index in [1.807, 2.05) is 0 Å². The van der Waals surface area contributed by atoms with E-state index in [-0.39, 0.29) is 0 Å². The molecule has 2 aliphatic carbocycles. The molecule has 0 spiro atoms.